The molecule has 0 unspecified atom stereocenters. The van der Waals surface area contributed by atoms with Gasteiger partial charge in [-0.2, -0.15) is 5.10 Å². The van der Waals surface area contributed by atoms with Crippen molar-refractivity contribution < 1.29 is 34.4 Å². The van der Waals surface area contributed by atoms with Crippen molar-refractivity contribution in [3.8, 4) is 11.6 Å². The molecule has 1 aliphatic heterocycles. The Morgan fingerprint density at radius 1 is 1.00 bits per heavy atom. The number of likely N-dealkylation sites (tertiary alicyclic amines) is 1. The number of hydrogen-bond acceptors (Lipinski definition) is 9. The van der Waals surface area contributed by atoms with E-state index in [1.54, 1.807) is 0 Å². The van der Waals surface area contributed by atoms with Crippen molar-refractivity contribution >= 4 is 22.8 Å². The van der Waals surface area contributed by atoms with Gasteiger partial charge in [-0.25, -0.2) is 9.59 Å². The van der Waals surface area contributed by atoms with Gasteiger partial charge < -0.3 is 29.7 Å². The molecule has 206 valence electrons. The van der Waals surface area contributed by atoms with Crippen LogP contribution in [-0.2, 0) is 16.0 Å². The summed E-state index contributed by atoms with van der Waals surface area (Å²) in [4.78, 5) is 22.2. The number of aliphatic hydroxyl groups is 2. The van der Waals surface area contributed by atoms with E-state index >= 15 is 0 Å². The Bertz CT molecular complexity index is 1230. The van der Waals surface area contributed by atoms with Crippen LogP contribution in [0, 0.1) is 5.92 Å². The number of rotatable bonds is 8. The minimum absolute atomic E-state index is 0.280. The molecule has 1 aromatic carbocycles. The minimum atomic E-state index is -2.27. The number of fused-ring (bicyclic) bond motifs is 1. The van der Waals surface area contributed by atoms with E-state index in [2.05, 4.69) is 41.1 Å². The molecule has 4 N–H and O–H groups in total. The summed E-state index contributed by atoms with van der Waals surface area (Å²) >= 11 is 0. The molecular formula is C26H35N5O7. The second-order valence-corrected chi connectivity index (χ2v) is 10.2. The minimum Gasteiger partial charge on any atom is -0.479 e. The molecule has 1 aliphatic carbocycles. The van der Waals surface area contributed by atoms with E-state index in [1.165, 1.54) is 45.2 Å². The van der Waals surface area contributed by atoms with Gasteiger partial charge in [0.2, 0.25) is 5.89 Å². The van der Waals surface area contributed by atoms with Crippen LogP contribution in [0.1, 0.15) is 57.9 Å². The average Bonchev–Trinajstić information content (AvgIpc) is 3.48. The van der Waals surface area contributed by atoms with Crippen LogP contribution in [0.2, 0.25) is 0 Å². The van der Waals surface area contributed by atoms with Crippen LogP contribution in [0.3, 0.4) is 0 Å². The molecule has 1 saturated carbocycles. The van der Waals surface area contributed by atoms with E-state index in [9.17, 15) is 9.59 Å². The lowest BCUT2D eigenvalue weighted by molar-refractivity contribution is -0.165. The van der Waals surface area contributed by atoms with Crippen LogP contribution < -0.4 is 0 Å². The van der Waals surface area contributed by atoms with Crippen molar-refractivity contribution in [2.24, 2.45) is 5.92 Å². The smallest absolute Gasteiger partial charge is 0.335 e. The van der Waals surface area contributed by atoms with Gasteiger partial charge >= 0.3 is 11.9 Å². The first kappa shape index (κ1) is 27.7. The second-order valence-electron chi connectivity index (χ2n) is 10.2. The van der Waals surface area contributed by atoms with Gasteiger partial charge in [-0.05, 0) is 64.6 Å². The lowest BCUT2D eigenvalue weighted by Gasteiger charge is -2.41. The van der Waals surface area contributed by atoms with Crippen molar-refractivity contribution in [2.75, 3.05) is 13.1 Å². The largest absolute Gasteiger partial charge is 0.479 e. The summed E-state index contributed by atoms with van der Waals surface area (Å²) in [6, 6.07) is 9.39. The summed E-state index contributed by atoms with van der Waals surface area (Å²) < 4.78 is 8.10. The van der Waals surface area contributed by atoms with Gasteiger partial charge in [0.05, 0.1) is 5.52 Å². The maximum atomic E-state index is 9.77. The second kappa shape index (κ2) is 12.0. The molecule has 38 heavy (non-hydrogen) atoms. The predicted octanol–water partition coefficient (Wildman–Crippen LogP) is 2.35. The summed E-state index contributed by atoms with van der Waals surface area (Å²) in [6.45, 7) is 6.72. The lowest BCUT2D eigenvalue weighted by atomic mass is 9.87. The molecule has 0 radical (unpaired) electrons. The number of para-hydroxylation sites is 1. The zero-order valence-electron chi connectivity index (χ0n) is 21.6. The molecule has 12 heteroatoms. The third kappa shape index (κ3) is 6.20. The number of nitrogens with zero attached hydrogens (tertiary/aromatic N) is 5. The van der Waals surface area contributed by atoms with Crippen LogP contribution in [-0.4, -0.2) is 88.6 Å². The van der Waals surface area contributed by atoms with Gasteiger partial charge in [0.15, 0.2) is 17.9 Å². The Hall–Kier alpha value is -3.35. The van der Waals surface area contributed by atoms with E-state index in [1.807, 2.05) is 16.8 Å². The van der Waals surface area contributed by atoms with Gasteiger partial charge in [0.25, 0.3) is 5.89 Å². The van der Waals surface area contributed by atoms with Crippen LogP contribution in [0.4, 0.5) is 0 Å². The monoisotopic (exact) mass is 529 g/mol. The molecule has 1 saturated heterocycles. The maximum Gasteiger partial charge on any atom is 0.335 e. The summed E-state index contributed by atoms with van der Waals surface area (Å²) in [6.07, 6.45) is 3.03. The van der Waals surface area contributed by atoms with E-state index in [0.29, 0.717) is 11.8 Å². The van der Waals surface area contributed by atoms with E-state index in [0.717, 1.165) is 35.0 Å². The van der Waals surface area contributed by atoms with Gasteiger partial charge in [-0.15, -0.1) is 10.2 Å². The number of carboxylic acid groups (broad SMARTS) is 2. The number of benzene rings is 1. The number of piperidine rings is 1. The fourth-order valence-corrected chi connectivity index (χ4v) is 4.86. The topological polar surface area (TPSA) is 175 Å². The molecule has 5 rings (SSSR count). The summed E-state index contributed by atoms with van der Waals surface area (Å²) in [5, 5.41) is 47.1. The number of aromatic nitrogens is 4. The van der Waals surface area contributed by atoms with Crippen LogP contribution in [0.5, 0.6) is 0 Å². The molecule has 3 heterocycles. The van der Waals surface area contributed by atoms with Gasteiger partial charge in [-0.3, -0.25) is 4.68 Å². The fraction of sp³-hybridized carbons (Fsp3) is 0.577. The molecule has 2 aliphatic rings. The van der Waals surface area contributed by atoms with Crippen LogP contribution in [0.15, 0.2) is 28.7 Å². The molecule has 0 amide bonds. The quantitative estimate of drug-likeness (QED) is 0.337. The van der Waals surface area contributed by atoms with Crippen LogP contribution in [0.25, 0.3) is 22.5 Å². The van der Waals surface area contributed by atoms with Gasteiger partial charge in [-0.1, -0.05) is 24.6 Å². The number of hydrogen-bond donors (Lipinski definition) is 4. The van der Waals surface area contributed by atoms with Gasteiger partial charge in [0, 0.05) is 23.9 Å². The van der Waals surface area contributed by atoms with E-state index < -0.39 is 24.1 Å². The Labute approximate surface area is 219 Å². The highest BCUT2D eigenvalue weighted by Gasteiger charge is 2.30. The van der Waals surface area contributed by atoms with Crippen molar-refractivity contribution in [1.82, 2.24) is 24.9 Å². The first-order chi connectivity index (χ1) is 18.2. The van der Waals surface area contributed by atoms with Crippen molar-refractivity contribution in [3.63, 3.8) is 0 Å². The first-order valence-corrected chi connectivity index (χ1v) is 13.0. The molecule has 0 bridgehead atoms. The molecule has 0 spiro atoms. The van der Waals surface area contributed by atoms with Gasteiger partial charge in [0.1, 0.15) is 0 Å². The molecule has 3 aromatic rings. The number of aliphatic carboxylic acids is 2. The number of carboxylic acids is 2. The fourth-order valence-electron chi connectivity index (χ4n) is 4.86. The Kier molecular flexibility index (Phi) is 8.75. The third-order valence-corrected chi connectivity index (χ3v) is 7.28. The summed E-state index contributed by atoms with van der Waals surface area (Å²) in [5.74, 6) is -1.60. The Morgan fingerprint density at radius 2 is 1.63 bits per heavy atom. The molecule has 2 aromatic heterocycles. The number of aliphatic hydroxyl groups excluding tert-OH is 2. The van der Waals surface area contributed by atoms with E-state index in [4.69, 9.17) is 29.9 Å². The standard InChI is InChI=1S/C22H29N5O.C4H6O6/c1-15(2)27-19-9-4-3-8-18(19)21(25-27)22-24-23-20(28-22)14-16-10-12-26(13-11-16)17-6-5-7-17;5-1(3(7)8)2(6)4(9)10/h3-4,8-9,15-17H,5-7,10-14H2,1-2H3;1-2,5-6H,(H,7,8)(H,9,10)/t;1-,2-/m.1/s1. The normalized spacial score (nSPS) is 18.6. The number of carbonyl (C=O) groups is 2. The molecule has 2 fully saturated rings. The van der Waals surface area contributed by atoms with Crippen molar-refractivity contribution in [2.45, 2.75) is 76.7 Å². The zero-order chi connectivity index (χ0) is 27.4. The molecule has 12 nitrogen and oxygen atoms in total. The highest BCUT2D eigenvalue weighted by molar-refractivity contribution is 5.91. The lowest BCUT2D eigenvalue weighted by Crippen LogP contribution is -2.45. The zero-order valence-corrected chi connectivity index (χ0v) is 21.6. The third-order valence-electron chi connectivity index (χ3n) is 7.28. The van der Waals surface area contributed by atoms with Crippen molar-refractivity contribution in [3.05, 3.63) is 30.2 Å². The Balaban J connectivity index is 0.000000289. The van der Waals surface area contributed by atoms with Crippen LogP contribution >= 0.6 is 0 Å². The molecule has 2 atom stereocenters. The Morgan fingerprint density at radius 3 is 2.18 bits per heavy atom. The first-order valence-electron chi connectivity index (χ1n) is 13.0. The van der Waals surface area contributed by atoms with Crippen molar-refractivity contribution in [1.29, 1.82) is 0 Å². The maximum absolute atomic E-state index is 9.77. The molecular weight excluding hydrogens is 494 g/mol. The summed E-state index contributed by atoms with van der Waals surface area (Å²) in [7, 11) is 0. The highest BCUT2D eigenvalue weighted by atomic mass is 16.4. The SMILES string of the molecule is CC(C)n1nc(-c2nnc(CC3CCN(C4CCC4)CC3)o2)c2ccccc21.O=C(O)[C@H](O)[C@@H](O)C(=O)O. The summed E-state index contributed by atoms with van der Waals surface area (Å²) in [5.41, 5.74) is 1.90. The predicted molar refractivity (Wildman–Crippen MR) is 136 cm³/mol. The van der Waals surface area contributed by atoms with E-state index in [-0.39, 0.29) is 6.04 Å². The highest BCUT2D eigenvalue weighted by Crippen LogP contribution is 2.32. The average molecular weight is 530 g/mol.